The molecule has 2 rings (SSSR count). The normalized spacial score (nSPS) is 11.5. The van der Waals surface area contributed by atoms with Crippen molar-refractivity contribution in [3.63, 3.8) is 0 Å². The Bertz CT molecular complexity index is 630. The second-order valence-corrected chi connectivity index (χ2v) is 6.46. The molecule has 20 heavy (non-hydrogen) atoms. The van der Waals surface area contributed by atoms with E-state index in [1.807, 2.05) is 6.07 Å². The van der Waals surface area contributed by atoms with E-state index in [9.17, 15) is 0 Å². The van der Waals surface area contributed by atoms with Gasteiger partial charge in [0.25, 0.3) is 0 Å². The molecule has 3 nitrogen and oxygen atoms in total. The van der Waals surface area contributed by atoms with Crippen molar-refractivity contribution in [3.8, 4) is 0 Å². The largest absolute Gasteiger partial charge is 0.340 e. The van der Waals surface area contributed by atoms with Gasteiger partial charge in [-0.05, 0) is 37.1 Å². The van der Waals surface area contributed by atoms with Crippen LogP contribution in [0.1, 0.15) is 37.7 Å². The lowest BCUT2D eigenvalue weighted by atomic mass is 9.96. The standard InChI is InChI=1S/C16H20ClN3/c1-10-6-7-12(8-11(10)2)18-14-9-13(17)19-15(20-14)16(3,4)5/h6-9H,1-5H3,(H,18,19,20). The van der Waals surface area contributed by atoms with Gasteiger partial charge in [0.05, 0.1) is 0 Å². The third-order valence-electron chi connectivity index (χ3n) is 3.15. The topological polar surface area (TPSA) is 37.8 Å². The molecule has 1 N–H and O–H groups in total. The number of halogens is 1. The average molecular weight is 290 g/mol. The highest BCUT2D eigenvalue weighted by Gasteiger charge is 2.18. The van der Waals surface area contributed by atoms with Crippen LogP contribution in [0.2, 0.25) is 5.15 Å². The maximum atomic E-state index is 6.09. The molecule has 1 heterocycles. The Labute approximate surface area is 125 Å². The molecule has 0 amide bonds. The van der Waals surface area contributed by atoms with E-state index in [0.717, 1.165) is 17.3 Å². The van der Waals surface area contributed by atoms with E-state index in [4.69, 9.17) is 11.6 Å². The zero-order chi connectivity index (χ0) is 14.9. The molecule has 0 bridgehead atoms. The quantitative estimate of drug-likeness (QED) is 0.808. The van der Waals surface area contributed by atoms with Crippen molar-refractivity contribution in [2.45, 2.75) is 40.0 Å². The highest BCUT2D eigenvalue weighted by atomic mass is 35.5. The molecule has 0 fully saturated rings. The molecular weight excluding hydrogens is 270 g/mol. The van der Waals surface area contributed by atoms with Gasteiger partial charge < -0.3 is 5.32 Å². The van der Waals surface area contributed by atoms with Crippen LogP contribution in [0, 0.1) is 13.8 Å². The predicted molar refractivity (Wildman–Crippen MR) is 84.9 cm³/mol. The van der Waals surface area contributed by atoms with Gasteiger partial charge in [-0.1, -0.05) is 38.4 Å². The van der Waals surface area contributed by atoms with E-state index < -0.39 is 0 Å². The first kappa shape index (κ1) is 14.8. The molecule has 2 aromatic rings. The van der Waals surface area contributed by atoms with Crippen molar-refractivity contribution in [1.82, 2.24) is 9.97 Å². The Hall–Kier alpha value is -1.61. The SMILES string of the molecule is Cc1ccc(Nc2cc(Cl)nc(C(C)(C)C)n2)cc1C. The van der Waals surface area contributed by atoms with Crippen LogP contribution >= 0.6 is 11.6 Å². The maximum absolute atomic E-state index is 6.09. The van der Waals surface area contributed by atoms with Gasteiger partial charge >= 0.3 is 0 Å². The number of nitrogens with one attached hydrogen (secondary N) is 1. The van der Waals surface area contributed by atoms with Crippen LogP contribution in [-0.2, 0) is 5.41 Å². The van der Waals surface area contributed by atoms with Crippen molar-refractivity contribution in [3.05, 3.63) is 46.4 Å². The lowest BCUT2D eigenvalue weighted by Gasteiger charge is -2.18. The molecule has 0 unspecified atom stereocenters. The second kappa shape index (κ2) is 5.41. The lowest BCUT2D eigenvalue weighted by Crippen LogP contribution is -2.16. The summed E-state index contributed by atoms with van der Waals surface area (Å²) in [5, 5.41) is 3.74. The van der Waals surface area contributed by atoms with E-state index in [0.29, 0.717) is 5.15 Å². The minimum absolute atomic E-state index is 0.134. The Kier molecular flexibility index (Phi) is 4.00. The van der Waals surface area contributed by atoms with Crippen LogP contribution in [0.3, 0.4) is 0 Å². The Morgan fingerprint density at radius 1 is 1.00 bits per heavy atom. The Balaban J connectivity index is 2.33. The van der Waals surface area contributed by atoms with Gasteiger partial charge in [0.1, 0.15) is 16.8 Å². The van der Waals surface area contributed by atoms with Crippen LogP contribution in [0.25, 0.3) is 0 Å². The first-order chi connectivity index (χ1) is 9.25. The summed E-state index contributed by atoms with van der Waals surface area (Å²) < 4.78 is 0. The smallest absolute Gasteiger partial charge is 0.137 e. The molecule has 0 atom stereocenters. The fraction of sp³-hybridized carbons (Fsp3) is 0.375. The molecule has 1 aromatic carbocycles. The predicted octanol–water partition coefficient (Wildman–Crippen LogP) is 4.79. The number of hydrogen-bond acceptors (Lipinski definition) is 3. The molecule has 0 radical (unpaired) electrons. The van der Waals surface area contributed by atoms with E-state index in [-0.39, 0.29) is 5.41 Å². The summed E-state index contributed by atoms with van der Waals surface area (Å²) >= 11 is 6.09. The summed E-state index contributed by atoms with van der Waals surface area (Å²) in [5.74, 6) is 1.45. The zero-order valence-electron chi connectivity index (χ0n) is 12.6. The first-order valence-electron chi connectivity index (χ1n) is 6.65. The molecule has 0 spiro atoms. The van der Waals surface area contributed by atoms with E-state index in [1.54, 1.807) is 6.07 Å². The van der Waals surface area contributed by atoms with Crippen LogP contribution in [0.4, 0.5) is 11.5 Å². The van der Waals surface area contributed by atoms with Crippen LogP contribution in [0.5, 0.6) is 0 Å². The van der Waals surface area contributed by atoms with E-state index in [2.05, 4.69) is 62.0 Å². The van der Waals surface area contributed by atoms with Gasteiger partial charge in [-0.2, -0.15) is 0 Å². The van der Waals surface area contributed by atoms with Gasteiger partial charge in [-0.3, -0.25) is 0 Å². The fourth-order valence-corrected chi connectivity index (χ4v) is 1.97. The van der Waals surface area contributed by atoms with Gasteiger partial charge in [0.2, 0.25) is 0 Å². The molecule has 0 saturated carbocycles. The summed E-state index contributed by atoms with van der Waals surface area (Å²) in [6.45, 7) is 10.4. The molecule has 106 valence electrons. The maximum Gasteiger partial charge on any atom is 0.137 e. The van der Waals surface area contributed by atoms with Crippen molar-refractivity contribution < 1.29 is 0 Å². The highest BCUT2D eigenvalue weighted by Crippen LogP contribution is 2.24. The number of aromatic nitrogens is 2. The van der Waals surface area contributed by atoms with Crippen LogP contribution < -0.4 is 5.32 Å². The Morgan fingerprint density at radius 3 is 2.30 bits per heavy atom. The van der Waals surface area contributed by atoms with Gasteiger partial charge in [0.15, 0.2) is 0 Å². The molecule has 0 saturated heterocycles. The van der Waals surface area contributed by atoms with Gasteiger partial charge in [0, 0.05) is 17.2 Å². The summed E-state index contributed by atoms with van der Waals surface area (Å²) in [7, 11) is 0. The van der Waals surface area contributed by atoms with E-state index in [1.165, 1.54) is 11.1 Å². The van der Waals surface area contributed by atoms with Gasteiger partial charge in [-0.15, -0.1) is 0 Å². The second-order valence-electron chi connectivity index (χ2n) is 6.07. The summed E-state index contributed by atoms with van der Waals surface area (Å²) in [4.78, 5) is 8.84. The van der Waals surface area contributed by atoms with E-state index >= 15 is 0 Å². The Morgan fingerprint density at radius 2 is 1.70 bits per heavy atom. The molecule has 0 aliphatic rings. The highest BCUT2D eigenvalue weighted by molar-refractivity contribution is 6.29. The van der Waals surface area contributed by atoms with Crippen molar-refractivity contribution in [1.29, 1.82) is 0 Å². The van der Waals surface area contributed by atoms with Gasteiger partial charge in [-0.25, -0.2) is 9.97 Å². The average Bonchev–Trinajstić information content (AvgIpc) is 2.32. The number of anilines is 2. The summed E-state index contributed by atoms with van der Waals surface area (Å²) in [6.07, 6.45) is 0. The van der Waals surface area contributed by atoms with Crippen molar-refractivity contribution in [2.75, 3.05) is 5.32 Å². The summed E-state index contributed by atoms with van der Waals surface area (Å²) in [5.41, 5.74) is 3.38. The molecule has 0 aliphatic heterocycles. The number of nitrogens with zero attached hydrogens (tertiary/aromatic N) is 2. The van der Waals surface area contributed by atoms with Crippen LogP contribution in [0.15, 0.2) is 24.3 Å². The van der Waals surface area contributed by atoms with Crippen LogP contribution in [-0.4, -0.2) is 9.97 Å². The number of rotatable bonds is 2. The lowest BCUT2D eigenvalue weighted by molar-refractivity contribution is 0.546. The first-order valence-corrected chi connectivity index (χ1v) is 7.03. The zero-order valence-corrected chi connectivity index (χ0v) is 13.3. The fourth-order valence-electron chi connectivity index (χ4n) is 1.78. The molecule has 4 heteroatoms. The third kappa shape index (κ3) is 3.48. The minimum atomic E-state index is -0.134. The monoisotopic (exact) mass is 289 g/mol. The van der Waals surface area contributed by atoms with Crippen molar-refractivity contribution >= 4 is 23.1 Å². The number of benzene rings is 1. The molecule has 0 aliphatic carbocycles. The third-order valence-corrected chi connectivity index (χ3v) is 3.34. The number of hydrogen-bond donors (Lipinski definition) is 1. The molecular formula is C16H20ClN3. The minimum Gasteiger partial charge on any atom is -0.340 e. The number of aryl methyl sites for hydroxylation is 2. The summed E-state index contributed by atoms with van der Waals surface area (Å²) in [6, 6.07) is 7.97. The van der Waals surface area contributed by atoms with Crippen molar-refractivity contribution in [2.24, 2.45) is 0 Å². The molecule has 1 aromatic heterocycles.